The Hall–Kier alpha value is -5.58. The fourth-order valence-electron chi connectivity index (χ4n) is 3.88. The van der Waals surface area contributed by atoms with Gasteiger partial charge < -0.3 is 9.47 Å². The van der Waals surface area contributed by atoms with E-state index < -0.39 is 74.4 Å². The van der Waals surface area contributed by atoms with Gasteiger partial charge in [0.15, 0.2) is 15.5 Å². The minimum atomic E-state index is -5.21. The molecule has 1 heterocycles. The van der Waals surface area contributed by atoms with E-state index in [4.69, 9.17) is 9.47 Å². The third kappa shape index (κ3) is 5.98. The zero-order valence-electron chi connectivity index (χ0n) is 22.0. The molecule has 0 spiro atoms. The molecule has 0 atom stereocenters. The van der Waals surface area contributed by atoms with Crippen LogP contribution in [-0.2, 0) is 20.2 Å². The van der Waals surface area contributed by atoms with Crippen LogP contribution in [0.4, 0.5) is 22.7 Å². The summed E-state index contributed by atoms with van der Waals surface area (Å²) in [4.78, 5) is 33.6. The highest BCUT2D eigenvalue weighted by Gasteiger charge is 2.34. The van der Waals surface area contributed by atoms with Gasteiger partial charge in [0.2, 0.25) is 0 Å². The van der Waals surface area contributed by atoms with Crippen LogP contribution in [0.2, 0.25) is 0 Å². The summed E-state index contributed by atoms with van der Waals surface area (Å²) in [5.74, 6) is -2.64. The fraction of sp³-hybridized carbons (Fsp3) is 0.0909. The zero-order valence-corrected chi connectivity index (χ0v) is 23.7. The number of nitro benzene ring substituents is 2. The Balaban J connectivity index is 1.94. The number of ether oxygens (including phenoxy) is 2. The number of benzene rings is 3. The lowest BCUT2D eigenvalue weighted by molar-refractivity contribution is -0.388. The number of aromatic nitrogens is 4. The maximum atomic E-state index is 13.9. The van der Waals surface area contributed by atoms with E-state index in [1.54, 1.807) is 6.07 Å². The highest BCUT2D eigenvalue weighted by molar-refractivity contribution is 7.86. The van der Waals surface area contributed by atoms with Gasteiger partial charge in [0, 0.05) is 5.69 Å². The standard InChI is InChI=1S/C22H17N7O13S2/c1-41-17-8-15(28(31)32)19(43(35,36)37)10-13(17)26(12-6-4-3-5-7-12)22(30)21-23-25-27(24-21)14-11-20(44(38,39)40)16(29(33)34)9-18(14)42-2/h3-11H,1-2H3,(H,35,36,37)(H,38,39,40). The minimum absolute atomic E-state index is 0.0314. The second-order valence-corrected chi connectivity index (χ2v) is 11.1. The Morgan fingerprint density at radius 1 is 0.864 bits per heavy atom. The molecule has 1 aromatic heterocycles. The number of para-hydroxylation sites is 1. The second kappa shape index (κ2) is 11.6. The Bertz CT molecular complexity index is 2030. The molecule has 2 N–H and O–H groups in total. The second-order valence-electron chi connectivity index (χ2n) is 8.33. The Morgan fingerprint density at radius 2 is 1.39 bits per heavy atom. The molecule has 0 aliphatic heterocycles. The number of hydrogen-bond acceptors (Lipinski definition) is 14. The molecule has 0 saturated heterocycles. The number of anilines is 2. The van der Waals surface area contributed by atoms with E-state index in [-0.39, 0.29) is 17.2 Å². The lowest BCUT2D eigenvalue weighted by Gasteiger charge is -2.24. The summed E-state index contributed by atoms with van der Waals surface area (Å²) < 4.78 is 77.3. The molecule has 4 rings (SSSR count). The molecular weight excluding hydrogens is 634 g/mol. The SMILES string of the molecule is COc1cc([N+](=O)[O-])c(S(=O)(=O)O)cc1N(C(=O)c1nnn(-c2cc(S(=O)(=O)O)c([N+](=O)[O-])cc2OC)n1)c1ccccc1. The van der Waals surface area contributed by atoms with E-state index in [1.807, 2.05) is 0 Å². The molecule has 0 aliphatic carbocycles. The predicted molar refractivity (Wildman–Crippen MR) is 145 cm³/mol. The molecule has 22 heteroatoms. The van der Waals surface area contributed by atoms with Crippen molar-refractivity contribution >= 4 is 48.9 Å². The molecule has 0 unspecified atom stereocenters. The quantitative estimate of drug-likeness (QED) is 0.141. The molecule has 1 amide bonds. The monoisotopic (exact) mass is 651 g/mol. The lowest BCUT2D eigenvalue weighted by Crippen LogP contribution is -2.28. The van der Waals surface area contributed by atoms with E-state index in [1.165, 1.54) is 24.3 Å². The van der Waals surface area contributed by atoms with Crippen molar-refractivity contribution in [1.82, 2.24) is 20.2 Å². The first-order valence-electron chi connectivity index (χ1n) is 11.5. The normalized spacial score (nSPS) is 11.5. The zero-order chi connectivity index (χ0) is 32.6. The van der Waals surface area contributed by atoms with E-state index in [0.717, 1.165) is 19.1 Å². The van der Waals surface area contributed by atoms with Crippen molar-refractivity contribution in [1.29, 1.82) is 0 Å². The summed E-state index contributed by atoms with van der Waals surface area (Å²) in [7, 11) is -8.22. The Morgan fingerprint density at radius 3 is 1.89 bits per heavy atom. The molecule has 20 nitrogen and oxygen atoms in total. The summed E-state index contributed by atoms with van der Waals surface area (Å²) in [6.45, 7) is 0. The Labute approximate surface area is 245 Å². The van der Waals surface area contributed by atoms with Crippen molar-refractivity contribution in [3.63, 3.8) is 0 Å². The maximum absolute atomic E-state index is 13.9. The average Bonchev–Trinajstić information content (AvgIpc) is 3.46. The van der Waals surface area contributed by atoms with Crippen LogP contribution in [-0.4, -0.2) is 76.1 Å². The van der Waals surface area contributed by atoms with Gasteiger partial charge in [-0.05, 0) is 29.5 Å². The summed E-state index contributed by atoms with van der Waals surface area (Å²) in [5, 5.41) is 34.1. The summed E-state index contributed by atoms with van der Waals surface area (Å²) in [5.41, 5.74) is -2.90. The maximum Gasteiger partial charge on any atom is 0.304 e. The van der Waals surface area contributed by atoms with Crippen LogP contribution in [0.1, 0.15) is 10.6 Å². The van der Waals surface area contributed by atoms with Gasteiger partial charge in [-0.3, -0.25) is 39.0 Å². The average molecular weight is 652 g/mol. The van der Waals surface area contributed by atoms with Crippen molar-refractivity contribution in [3.8, 4) is 17.2 Å². The molecule has 0 bridgehead atoms. The molecule has 230 valence electrons. The van der Waals surface area contributed by atoms with Crippen LogP contribution >= 0.6 is 0 Å². The number of carbonyl (C=O) groups excluding carboxylic acids is 1. The number of amides is 1. The largest absolute Gasteiger partial charge is 0.494 e. The van der Waals surface area contributed by atoms with Crippen LogP contribution < -0.4 is 14.4 Å². The molecule has 44 heavy (non-hydrogen) atoms. The molecule has 0 aliphatic rings. The van der Waals surface area contributed by atoms with Gasteiger partial charge in [-0.15, -0.1) is 15.0 Å². The van der Waals surface area contributed by atoms with Crippen LogP contribution in [0, 0.1) is 20.2 Å². The van der Waals surface area contributed by atoms with Gasteiger partial charge >= 0.3 is 26.1 Å². The van der Waals surface area contributed by atoms with Gasteiger partial charge in [0.1, 0.15) is 11.4 Å². The molecule has 0 radical (unpaired) electrons. The number of nitro groups is 2. The van der Waals surface area contributed by atoms with Crippen LogP contribution in [0.3, 0.4) is 0 Å². The molecular formula is C22H17N7O13S2. The van der Waals surface area contributed by atoms with Gasteiger partial charge in [-0.2, -0.15) is 16.8 Å². The summed E-state index contributed by atoms with van der Waals surface area (Å²) in [6, 6.07) is 9.88. The van der Waals surface area contributed by atoms with Crippen LogP contribution in [0.5, 0.6) is 11.5 Å². The molecule has 0 saturated carbocycles. The summed E-state index contributed by atoms with van der Waals surface area (Å²) in [6.07, 6.45) is 0. The van der Waals surface area contributed by atoms with Crippen molar-refractivity contribution in [2.24, 2.45) is 0 Å². The highest BCUT2D eigenvalue weighted by Crippen LogP contribution is 2.41. The number of hydrogen-bond donors (Lipinski definition) is 2. The number of tetrazole rings is 1. The van der Waals surface area contributed by atoms with Crippen molar-refractivity contribution < 1.29 is 50.1 Å². The smallest absolute Gasteiger partial charge is 0.304 e. The van der Waals surface area contributed by atoms with Gasteiger partial charge in [-0.25, -0.2) is 0 Å². The molecule has 3 aromatic carbocycles. The van der Waals surface area contributed by atoms with E-state index in [2.05, 4.69) is 15.4 Å². The van der Waals surface area contributed by atoms with Crippen molar-refractivity contribution in [3.05, 3.63) is 80.7 Å². The van der Waals surface area contributed by atoms with E-state index in [9.17, 15) is 51.0 Å². The van der Waals surface area contributed by atoms with E-state index in [0.29, 0.717) is 29.1 Å². The number of nitrogens with zero attached hydrogens (tertiary/aromatic N) is 7. The minimum Gasteiger partial charge on any atom is -0.494 e. The van der Waals surface area contributed by atoms with Crippen LogP contribution in [0.15, 0.2) is 64.4 Å². The third-order valence-corrected chi connectivity index (χ3v) is 7.51. The highest BCUT2D eigenvalue weighted by atomic mass is 32.2. The first kappa shape index (κ1) is 31.4. The number of methoxy groups -OCH3 is 2. The fourth-order valence-corrected chi connectivity index (χ4v) is 5.20. The predicted octanol–water partition coefficient (Wildman–Crippen LogP) is 1.97. The first-order chi connectivity index (χ1) is 20.6. The molecule has 0 fully saturated rings. The summed E-state index contributed by atoms with van der Waals surface area (Å²) >= 11 is 0. The number of carbonyl (C=O) groups is 1. The topological polar surface area (TPSA) is 277 Å². The number of rotatable bonds is 10. The van der Waals surface area contributed by atoms with Crippen LogP contribution in [0.25, 0.3) is 5.69 Å². The van der Waals surface area contributed by atoms with Crippen molar-refractivity contribution in [2.75, 3.05) is 19.1 Å². The Kier molecular flexibility index (Phi) is 8.27. The van der Waals surface area contributed by atoms with E-state index >= 15 is 0 Å². The third-order valence-electron chi connectivity index (χ3n) is 5.75. The van der Waals surface area contributed by atoms with Crippen molar-refractivity contribution in [2.45, 2.75) is 9.79 Å². The lowest BCUT2D eigenvalue weighted by atomic mass is 10.2. The van der Waals surface area contributed by atoms with Gasteiger partial charge in [0.25, 0.3) is 17.2 Å². The first-order valence-corrected chi connectivity index (χ1v) is 14.3. The van der Waals surface area contributed by atoms with Gasteiger partial charge in [0.05, 0.1) is 41.9 Å². The van der Waals surface area contributed by atoms with Gasteiger partial charge in [-0.1, -0.05) is 18.2 Å². The molecule has 4 aromatic rings.